The predicted molar refractivity (Wildman–Crippen MR) is 169 cm³/mol. The molecule has 3 aliphatic carbocycles. The lowest BCUT2D eigenvalue weighted by Gasteiger charge is -2.20. The molecule has 1 aromatic carbocycles. The fraction of sp³-hybridized carbons (Fsp3) is 0.515. The topological polar surface area (TPSA) is 47.7 Å². The number of aromatic nitrogens is 4. The van der Waals surface area contributed by atoms with E-state index in [1.165, 1.54) is 29.7 Å². The quantitative estimate of drug-likeness (QED) is 0.250. The summed E-state index contributed by atoms with van der Waals surface area (Å²) in [5.74, 6) is 4.45. The lowest BCUT2D eigenvalue weighted by molar-refractivity contribution is 0.325. The number of benzene rings is 1. The van der Waals surface area contributed by atoms with Crippen LogP contribution in [-0.2, 0) is 0 Å². The van der Waals surface area contributed by atoms with Gasteiger partial charge in [0, 0.05) is 36.5 Å². The zero-order valence-corrected chi connectivity index (χ0v) is 25.6. The highest BCUT2D eigenvalue weighted by Crippen LogP contribution is 2.52. The first-order valence-corrected chi connectivity index (χ1v) is 15.4. The van der Waals surface area contributed by atoms with Crippen molar-refractivity contribution in [1.29, 1.82) is 0 Å². The molecule has 6 rings (SSSR count). The highest BCUT2D eigenvalue weighted by molar-refractivity contribution is 7.92. The molecular formula is C33H46FN5S. The van der Waals surface area contributed by atoms with Crippen molar-refractivity contribution >= 4 is 23.6 Å². The van der Waals surface area contributed by atoms with Crippen LogP contribution in [0.1, 0.15) is 89.6 Å². The highest BCUT2D eigenvalue weighted by Gasteiger charge is 2.43. The fourth-order valence-corrected chi connectivity index (χ4v) is 5.90. The molecule has 0 aliphatic heterocycles. The van der Waals surface area contributed by atoms with Gasteiger partial charge in [0.15, 0.2) is 12.3 Å². The molecule has 3 saturated carbocycles. The van der Waals surface area contributed by atoms with Gasteiger partial charge in [-0.1, -0.05) is 31.7 Å². The van der Waals surface area contributed by atoms with Crippen LogP contribution in [-0.4, -0.2) is 25.8 Å². The van der Waals surface area contributed by atoms with Crippen LogP contribution < -0.4 is 5.32 Å². The second kappa shape index (κ2) is 13.7. The minimum atomic E-state index is 0.205. The molecule has 1 N–H and O–H groups in total. The Morgan fingerprint density at radius 1 is 1.05 bits per heavy atom. The van der Waals surface area contributed by atoms with Gasteiger partial charge in [0.25, 0.3) is 0 Å². The zero-order valence-electron chi connectivity index (χ0n) is 24.8. The summed E-state index contributed by atoms with van der Waals surface area (Å²) in [6.07, 6.45) is 13.9. The van der Waals surface area contributed by atoms with Crippen LogP contribution in [0.5, 0.6) is 0 Å². The molecule has 1 unspecified atom stereocenters. The Hall–Kier alpha value is -2.80. The average molecular weight is 564 g/mol. The van der Waals surface area contributed by atoms with Gasteiger partial charge in [-0.2, -0.15) is 5.10 Å². The molecule has 0 bridgehead atoms. The average Bonchev–Trinajstić information content (AvgIpc) is 3.90. The van der Waals surface area contributed by atoms with Gasteiger partial charge in [-0.3, -0.25) is 4.68 Å². The van der Waals surface area contributed by atoms with Crippen LogP contribution in [0.25, 0.3) is 16.8 Å². The smallest absolute Gasteiger partial charge is 0.171 e. The van der Waals surface area contributed by atoms with E-state index in [1.54, 1.807) is 6.33 Å². The maximum Gasteiger partial charge on any atom is 0.171 e. The van der Waals surface area contributed by atoms with Gasteiger partial charge in [0.1, 0.15) is 6.33 Å². The summed E-state index contributed by atoms with van der Waals surface area (Å²) in [7, 11) is 1.88. The van der Waals surface area contributed by atoms with Crippen LogP contribution in [0.15, 0.2) is 62.1 Å². The van der Waals surface area contributed by atoms with Crippen LogP contribution in [0, 0.1) is 23.7 Å². The number of nitrogens with one attached hydrogen (secondary N) is 1. The molecule has 1 atom stereocenters. The molecule has 5 nitrogen and oxygen atoms in total. The van der Waals surface area contributed by atoms with Gasteiger partial charge in [-0.05, 0) is 107 Å². The Kier molecular flexibility index (Phi) is 10.3. The van der Waals surface area contributed by atoms with Crippen molar-refractivity contribution in [2.24, 2.45) is 23.7 Å². The van der Waals surface area contributed by atoms with E-state index in [-0.39, 0.29) is 12.3 Å². The van der Waals surface area contributed by atoms with Crippen molar-refractivity contribution in [3.8, 4) is 11.3 Å². The van der Waals surface area contributed by atoms with Gasteiger partial charge in [-0.25, -0.2) is 8.96 Å². The normalized spacial score (nSPS) is 17.0. The predicted octanol–water partition coefficient (Wildman–Crippen LogP) is 9.59. The molecule has 2 aromatic heterocycles. The number of nitrogens with zero attached hydrogens (tertiary/aromatic N) is 4. The summed E-state index contributed by atoms with van der Waals surface area (Å²) < 4.78 is 16.4. The van der Waals surface area contributed by atoms with E-state index in [2.05, 4.69) is 55.4 Å². The molecule has 2 heterocycles. The van der Waals surface area contributed by atoms with Crippen LogP contribution >= 0.6 is 12.3 Å². The first-order valence-electron chi connectivity index (χ1n) is 14.7. The molecule has 7 heteroatoms. The molecule has 3 aliphatic rings. The van der Waals surface area contributed by atoms with Gasteiger partial charge >= 0.3 is 0 Å². The third-order valence-electron chi connectivity index (χ3n) is 8.16. The maximum absolute atomic E-state index is 12.9. The molecule has 0 spiro atoms. The van der Waals surface area contributed by atoms with Crippen molar-refractivity contribution in [2.75, 3.05) is 12.4 Å². The SMILES string of the molecule is C=C(C)c1ccnn1C(C)C.C=CC(C)C(C1CC1)C1CC1.CNc1ccc(-c2c(C3CC3)ncn2SF)cc1. The molecule has 3 fully saturated rings. The molecule has 0 amide bonds. The fourth-order valence-electron chi connectivity index (χ4n) is 5.55. The standard InChI is InChI=1S/C13H14FN3S.C11H18.C9H14N2/c1-15-11-6-4-10(5-7-11)13-12(9-2-3-9)16-8-17(13)18-14;1-3-8(2)11(9-4-5-9)10-6-7-10;1-7(2)9-5-6-10-11(9)8(3)4/h4-9,15H,2-3H2,1H3;3,8-11H,1,4-7H2,2H3;5-6,8H,1H2,2-4H3. The van der Waals surface area contributed by atoms with E-state index >= 15 is 0 Å². The van der Waals surface area contributed by atoms with E-state index in [1.807, 2.05) is 55.2 Å². The number of anilines is 1. The summed E-state index contributed by atoms with van der Waals surface area (Å²) >= 11 is 0.205. The van der Waals surface area contributed by atoms with Crippen molar-refractivity contribution < 1.29 is 3.89 Å². The van der Waals surface area contributed by atoms with Gasteiger partial charge < -0.3 is 5.32 Å². The second-order valence-electron chi connectivity index (χ2n) is 11.9. The first-order chi connectivity index (χ1) is 19.3. The van der Waals surface area contributed by atoms with E-state index in [9.17, 15) is 3.89 Å². The van der Waals surface area contributed by atoms with E-state index < -0.39 is 0 Å². The highest BCUT2D eigenvalue weighted by atomic mass is 32.2. The number of halogens is 1. The summed E-state index contributed by atoms with van der Waals surface area (Å²) in [4.78, 5) is 4.35. The molecule has 216 valence electrons. The monoisotopic (exact) mass is 563 g/mol. The van der Waals surface area contributed by atoms with Gasteiger partial charge in [0.2, 0.25) is 0 Å². The molecule has 3 aromatic rings. The summed E-state index contributed by atoms with van der Waals surface area (Å²) in [6, 6.07) is 10.4. The van der Waals surface area contributed by atoms with Crippen molar-refractivity contribution in [1.82, 2.24) is 18.7 Å². The lowest BCUT2D eigenvalue weighted by Crippen LogP contribution is -2.13. The Morgan fingerprint density at radius 2 is 1.68 bits per heavy atom. The van der Waals surface area contributed by atoms with E-state index in [0.29, 0.717) is 12.0 Å². The lowest BCUT2D eigenvalue weighted by atomic mass is 9.85. The maximum atomic E-state index is 12.9. The summed E-state index contributed by atoms with van der Waals surface area (Å²) in [6.45, 7) is 16.3. The van der Waals surface area contributed by atoms with Crippen LogP contribution in [0.2, 0.25) is 0 Å². The largest absolute Gasteiger partial charge is 0.388 e. The number of hydrogen-bond acceptors (Lipinski definition) is 4. The van der Waals surface area contributed by atoms with Crippen LogP contribution in [0.3, 0.4) is 0 Å². The summed E-state index contributed by atoms with van der Waals surface area (Å²) in [5, 5.41) is 7.27. The number of hydrogen-bond donors (Lipinski definition) is 1. The molecular weight excluding hydrogens is 517 g/mol. The molecule has 40 heavy (non-hydrogen) atoms. The third kappa shape index (κ3) is 7.68. The van der Waals surface area contributed by atoms with Crippen molar-refractivity contribution in [3.05, 3.63) is 73.5 Å². The van der Waals surface area contributed by atoms with E-state index in [4.69, 9.17) is 0 Å². The van der Waals surface area contributed by atoms with Crippen LogP contribution in [0.4, 0.5) is 9.57 Å². The number of imidazole rings is 1. The Labute approximate surface area is 244 Å². The minimum Gasteiger partial charge on any atom is -0.388 e. The Morgan fingerprint density at radius 3 is 2.10 bits per heavy atom. The van der Waals surface area contributed by atoms with Crippen molar-refractivity contribution in [3.63, 3.8) is 0 Å². The molecule has 0 radical (unpaired) electrons. The Bertz CT molecular complexity index is 1240. The Balaban J connectivity index is 0.000000146. The number of allylic oxidation sites excluding steroid dienone is 2. The first kappa shape index (κ1) is 30.2. The second-order valence-corrected chi connectivity index (χ2v) is 12.4. The van der Waals surface area contributed by atoms with Crippen molar-refractivity contribution in [2.45, 2.75) is 78.2 Å². The number of rotatable bonds is 10. The molecule has 0 saturated heterocycles. The minimum absolute atomic E-state index is 0.205. The zero-order chi connectivity index (χ0) is 28.8. The third-order valence-corrected chi connectivity index (χ3v) is 8.58. The van der Waals surface area contributed by atoms with E-state index in [0.717, 1.165) is 70.4 Å². The summed E-state index contributed by atoms with van der Waals surface area (Å²) in [5.41, 5.74) is 6.17. The van der Waals surface area contributed by atoms with Gasteiger partial charge in [-0.15, -0.1) is 10.5 Å². The van der Waals surface area contributed by atoms with Gasteiger partial charge in [0.05, 0.1) is 17.1 Å².